The molecule has 7 heteroatoms. The lowest BCUT2D eigenvalue weighted by Gasteiger charge is -2.09. The number of hydrogen-bond donors (Lipinski definition) is 0. The molecule has 0 aromatic heterocycles. The summed E-state index contributed by atoms with van der Waals surface area (Å²) in [5, 5.41) is 9.07. The number of carbonyl (C=O) groups excluding carboxylic acids is 1. The molecule has 28 heavy (non-hydrogen) atoms. The molecule has 0 N–H and O–H groups in total. The van der Waals surface area contributed by atoms with Gasteiger partial charge in [0, 0.05) is 10.9 Å². The minimum absolute atomic E-state index is 0.0264. The third kappa shape index (κ3) is 3.19. The summed E-state index contributed by atoms with van der Waals surface area (Å²) in [5.41, 5.74) is -0.0445. The van der Waals surface area contributed by atoms with Crippen LogP contribution in [-0.4, -0.2) is 26.2 Å². The largest absolute Gasteiger partial charge is 0.465 e. The number of nitriles is 1. The van der Waals surface area contributed by atoms with E-state index in [1.54, 1.807) is 19.1 Å². The van der Waals surface area contributed by atoms with Gasteiger partial charge in [-0.2, -0.15) is 5.26 Å². The first-order valence-electron chi connectivity index (χ1n) is 8.99. The summed E-state index contributed by atoms with van der Waals surface area (Å²) >= 11 is 5.86. The van der Waals surface area contributed by atoms with Crippen molar-refractivity contribution < 1.29 is 17.9 Å². The number of ether oxygens (including phenoxy) is 1. The Labute approximate surface area is 169 Å². The average Bonchev–Trinajstić information content (AvgIpc) is 3.40. The molecule has 5 nitrogen and oxygen atoms in total. The van der Waals surface area contributed by atoms with Crippen LogP contribution in [0.1, 0.15) is 30.9 Å². The number of benzene rings is 2. The maximum atomic E-state index is 13.3. The maximum Gasteiger partial charge on any atom is 0.328 e. The minimum atomic E-state index is -3.96. The van der Waals surface area contributed by atoms with Gasteiger partial charge in [-0.3, -0.25) is 4.79 Å². The van der Waals surface area contributed by atoms with Crippen LogP contribution in [0.4, 0.5) is 0 Å². The highest BCUT2D eigenvalue weighted by molar-refractivity contribution is 7.92. The van der Waals surface area contributed by atoms with Crippen LogP contribution < -0.4 is 0 Å². The lowest BCUT2D eigenvalue weighted by molar-refractivity contribution is -0.147. The fourth-order valence-corrected chi connectivity index (χ4v) is 5.99. The number of nitrogens with zero attached hydrogens (tertiary/aromatic N) is 1. The molecule has 1 aliphatic rings. The number of esters is 1. The minimum Gasteiger partial charge on any atom is -0.465 e. The Morgan fingerprint density at radius 1 is 1.14 bits per heavy atom. The third-order valence-corrected chi connectivity index (χ3v) is 7.65. The van der Waals surface area contributed by atoms with Gasteiger partial charge in [0.1, 0.15) is 5.25 Å². The molecule has 3 rings (SSSR count). The molecule has 0 saturated heterocycles. The molecule has 0 amide bonds. The lowest BCUT2D eigenvalue weighted by atomic mass is 9.99. The first-order valence-corrected chi connectivity index (χ1v) is 10.9. The van der Waals surface area contributed by atoms with E-state index in [0.717, 1.165) is 12.0 Å². The van der Waals surface area contributed by atoms with Gasteiger partial charge in [0.05, 0.1) is 17.6 Å². The van der Waals surface area contributed by atoms with E-state index in [1.165, 1.54) is 24.3 Å². The van der Waals surface area contributed by atoms with Gasteiger partial charge in [-0.1, -0.05) is 42.8 Å². The molecule has 0 radical (unpaired) electrons. The second-order valence-corrected chi connectivity index (χ2v) is 9.20. The average molecular weight is 418 g/mol. The number of halogens is 1. The van der Waals surface area contributed by atoms with Crippen molar-refractivity contribution in [2.75, 3.05) is 6.61 Å². The maximum absolute atomic E-state index is 13.3. The van der Waals surface area contributed by atoms with E-state index in [1.807, 2.05) is 25.1 Å². The van der Waals surface area contributed by atoms with Crippen molar-refractivity contribution in [3.8, 4) is 6.07 Å². The third-order valence-electron chi connectivity index (χ3n) is 5.15. The molecule has 0 heterocycles. The van der Waals surface area contributed by atoms with Gasteiger partial charge in [0.25, 0.3) is 0 Å². The Morgan fingerprint density at radius 2 is 1.75 bits per heavy atom. The Hall–Kier alpha value is -2.36. The molecular formula is C21H20ClNO4S. The second kappa shape index (κ2) is 7.57. The van der Waals surface area contributed by atoms with E-state index in [2.05, 4.69) is 0 Å². The molecule has 0 spiro atoms. The number of hydrogen-bond acceptors (Lipinski definition) is 5. The zero-order valence-corrected chi connectivity index (χ0v) is 17.1. The molecule has 3 atom stereocenters. The smallest absolute Gasteiger partial charge is 0.328 e. The van der Waals surface area contributed by atoms with Crippen molar-refractivity contribution in [1.82, 2.24) is 0 Å². The van der Waals surface area contributed by atoms with E-state index in [-0.39, 0.29) is 11.5 Å². The highest BCUT2D eigenvalue weighted by atomic mass is 35.5. The van der Waals surface area contributed by atoms with Crippen molar-refractivity contribution in [3.05, 3.63) is 64.7 Å². The molecule has 1 aliphatic carbocycles. The van der Waals surface area contributed by atoms with Crippen molar-refractivity contribution in [1.29, 1.82) is 5.26 Å². The molecule has 1 saturated carbocycles. The van der Waals surface area contributed by atoms with Crippen molar-refractivity contribution >= 4 is 27.4 Å². The van der Waals surface area contributed by atoms with E-state index in [4.69, 9.17) is 16.3 Å². The molecule has 2 aromatic carbocycles. The van der Waals surface area contributed by atoms with Crippen LogP contribution in [0.25, 0.3) is 0 Å². The van der Waals surface area contributed by atoms with Gasteiger partial charge in [-0.05, 0) is 48.7 Å². The molecule has 1 fully saturated rings. The van der Waals surface area contributed by atoms with E-state index < -0.39 is 32.4 Å². The first-order chi connectivity index (χ1) is 13.3. The van der Waals surface area contributed by atoms with E-state index in [9.17, 15) is 18.5 Å². The fraction of sp³-hybridized carbons (Fsp3) is 0.333. The Balaban J connectivity index is 2.11. The van der Waals surface area contributed by atoms with Crippen LogP contribution in [0.5, 0.6) is 0 Å². The van der Waals surface area contributed by atoms with Gasteiger partial charge >= 0.3 is 5.97 Å². The number of carbonyl (C=O) groups is 1. The summed E-state index contributed by atoms with van der Waals surface area (Å²) in [6.07, 6.45) is 0.832. The van der Waals surface area contributed by atoms with Gasteiger partial charge < -0.3 is 4.74 Å². The van der Waals surface area contributed by atoms with Gasteiger partial charge in [-0.15, -0.1) is 0 Å². The highest BCUT2D eigenvalue weighted by Crippen LogP contribution is 2.64. The summed E-state index contributed by atoms with van der Waals surface area (Å²) in [5.74, 6) is -1.59. The second-order valence-electron chi connectivity index (χ2n) is 6.69. The zero-order valence-electron chi connectivity index (χ0n) is 15.6. The summed E-state index contributed by atoms with van der Waals surface area (Å²) < 4.78 is 31.7. The number of aryl methyl sites for hydroxylation is 1. The molecule has 0 unspecified atom stereocenters. The highest BCUT2D eigenvalue weighted by Gasteiger charge is 2.77. The standard InChI is InChI=1S/C21H20ClNO4S/c1-3-14-5-7-15(8-6-14)18-19(21(18,13-23)20(24)27-4-2)28(25,26)17-11-9-16(22)10-12-17/h5-12,18-19H,3-4H2,1-2H3/t18-,19-,21-/m0/s1. The summed E-state index contributed by atoms with van der Waals surface area (Å²) in [6, 6.07) is 15.0. The quantitative estimate of drug-likeness (QED) is 0.665. The predicted molar refractivity (Wildman–Crippen MR) is 106 cm³/mol. The van der Waals surface area contributed by atoms with Crippen LogP contribution in [0, 0.1) is 16.7 Å². The Kier molecular flexibility index (Phi) is 5.51. The van der Waals surface area contributed by atoms with Crippen LogP contribution in [0.15, 0.2) is 53.4 Å². The SMILES string of the molecule is CCOC(=O)[C@@]1(C#N)[C@@H](c2ccc(CC)cc2)[C@@H]1S(=O)(=O)c1ccc(Cl)cc1. The summed E-state index contributed by atoms with van der Waals surface area (Å²) in [6.45, 7) is 3.70. The molecule has 0 bridgehead atoms. The predicted octanol–water partition coefficient (Wildman–Crippen LogP) is 3.92. The van der Waals surface area contributed by atoms with Gasteiger partial charge in [-0.25, -0.2) is 8.42 Å². The topological polar surface area (TPSA) is 84.2 Å². The van der Waals surface area contributed by atoms with Crippen molar-refractivity contribution in [2.24, 2.45) is 5.41 Å². The zero-order chi connectivity index (χ0) is 20.5. The summed E-state index contributed by atoms with van der Waals surface area (Å²) in [4.78, 5) is 12.7. The number of sulfone groups is 1. The van der Waals surface area contributed by atoms with Crippen molar-refractivity contribution in [3.63, 3.8) is 0 Å². The number of rotatable bonds is 6. The Morgan fingerprint density at radius 3 is 2.25 bits per heavy atom. The summed E-state index contributed by atoms with van der Waals surface area (Å²) in [7, 11) is -3.96. The van der Waals surface area contributed by atoms with Crippen molar-refractivity contribution in [2.45, 2.75) is 36.3 Å². The van der Waals surface area contributed by atoms with Gasteiger partial charge in [0.15, 0.2) is 15.3 Å². The van der Waals surface area contributed by atoms with Crippen LogP contribution >= 0.6 is 11.6 Å². The monoisotopic (exact) mass is 417 g/mol. The normalized spacial score (nSPS) is 23.6. The molecule has 0 aliphatic heterocycles. The fourth-order valence-electron chi connectivity index (χ4n) is 3.62. The molecular weight excluding hydrogens is 398 g/mol. The Bertz CT molecular complexity index is 1030. The van der Waals surface area contributed by atoms with Gasteiger partial charge in [0.2, 0.25) is 0 Å². The van der Waals surface area contributed by atoms with Crippen LogP contribution in [0.2, 0.25) is 5.02 Å². The lowest BCUT2D eigenvalue weighted by Crippen LogP contribution is -2.25. The van der Waals surface area contributed by atoms with Crippen LogP contribution in [0.3, 0.4) is 0 Å². The first kappa shape index (κ1) is 20.4. The van der Waals surface area contributed by atoms with Crippen LogP contribution in [-0.2, 0) is 25.8 Å². The van der Waals surface area contributed by atoms with E-state index >= 15 is 0 Å². The molecule has 146 valence electrons. The van der Waals surface area contributed by atoms with E-state index in [0.29, 0.717) is 10.6 Å². The molecule has 2 aromatic rings.